The maximum Gasteiger partial charge on any atom is 0.193 e. The summed E-state index contributed by atoms with van der Waals surface area (Å²) in [6.45, 7) is 4.90. The molecule has 3 aromatic rings. The Morgan fingerprint density at radius 2 is 2.12 bits per heavy atom. The smallest absolute Gasteiger partial charge is 0.193 e. The van der Waals surface area contributed by atoms with Crippen LogP contribution in [0.15, 0.2) is 47.0 Å². The molecule has 0 amide bonds. The van der Waals surface area contributed by atoms with Gasteiger partial charge in [-0.3, -0.25) is 4.40 Å². The number of hydrogen-bond donors (Lipinski definition) is 2. The summed E-state index contributed by atoms with van der Waals surface area (Å²) < 4.78 is 1.99. The molecule has 0 aliphatic rings. The van der Waals surface area contributed by atoms with Crippen molar-refractivity contribution in [2.45, 2.75) is 32.7 Å². The van der Waals surface area contributed by atoms with E-state index >= 15 is 0 Å². The lowest BCUT2D eigenvalue weighted by molar-refractivity contribution is 0.734. The molecule has 1 aromatic carbocycles. The lowest BCUT2D eigenvalue weighted by atomic mass is 9.99. The highest BCUT2D eigenvalue weighted by atomic mass is 127. The molecule has 128 valence electrons. The lowest BCUT2D eigenvalue weighted by Gasteiger charge is -2.10. The molecule has 24 heavy (non-hydrogen) atoms. The minimum absolute atomic E-state index is 0. The van der Waals surface area contributed by atoms with Crippen LogP contribution in [0.25, 0.3) is 4.96 Å². The molecule has 3 rings (SSSR count). The zero-order chi connectivity index (χ0) is 16.2. The molecule has 1 unspecified atom stereocenters. The van der Waals surface area contributed by atoms with Crippen LogP contribution in [0.3, 0.4) is 0 Å². The van der Waals surface area contributed by atoms with E-state index in [1.165, 1.54) is 5.56 Å². The van der Waals surface area contributed by atoms with E-state index in [-0.39, 0.29) is 24.0 Å². The Labute approximate surface area is 163 Å². The molecule has 0 spiro atoms. The summed E-state index contributed by atoms with van der Waals surface area (Å²) in [6.07, 6.45) is 5.10. The van der Waals surface area contributed by atoms with Crippen LogP contribution in [0.5, 0.6) is 0 Å². The van der Waals surface area contributed by atoms with Crippen LogP contribution in [-0.2, 0) is 6.54 Å². The number of aromatic nitrogens is 2. The molecule has 7 heteroatoms. The molecule has 0 fully saturated rings. The number of benzene rings is 1. The summed E-state index contributed by atoms with van der Waals surface area (Å²) in [5.74, 6) is 0.975. The summed E-state index contributed by atoms with van der Waals surface area (Å²) in [4.78, 5) is 9.81. The molecule has 0 bridgehead atoms. The maximum absolute atomic E-state index is 5.95. The van der Waals surface area contributed by atoms with E-state index in [4.69, 9.17) is 5.73 Å². The predicted octanol–water partition coefficient (Wildman–Crippen LogP) is 4.45. The van der Waals surface area contributed by atoms with Gasteiger partial charge in [0.2, 0.25) is 0 Å². The van der Waals surface area contributed by atoms with Gasteiger partial charge in [0.15, 0.2) is 10.9 Å². The van der Waals surface area contributed by atoms with Crippen LogP contribution in [0.1, 0.15) is 37.4 Å². The molecule has 3 N–H and O–H groups in total. The van der Waals surface area contributed by atoms with Crippen molar-refractivity contribution in [1.82, 2.24) is 9.38 Å². The van der Waals surface area contributed by atoms with Crippen LogP contribution in [0, 0.1) is 0 Å². The Hall–Kier alpha value is -1.61. The second kappa shape index (κ2) is 8.48. The molecular weight excluding hydrogens is 433 g/mol. The fourth-order valence-corrected chi connectivity index (χ4v) is 3.06. The number of imidazole rings is 1. The summed E-state index contributed by atoms with van der Waals surface area (Å²) in [5, 5.41) is 5.13. The van der Waals surface area contributed by atoms with Crippen molar-refractivity contribution in [2.75, 3.05) is 5.32 Å². The molecule has 0 radical (unpaired) electrons. The fraction of sp³-hybridized carbons (Fsp3) is 0.294. The summed E-state index contributed by atoms with van der Waals surface area (Å²) in [6, 6.07) is 8.34. The van der Waals surface area contributed by atoms with Crippen molar-refractivity contribution < 1.29 is 0 Å². The topological polar surface area (TPSA) is 67.7 Å². The van der Waals surface area contributed by atoms with E-state index in [2.05, 4.69) is 41.3 Å². The van der Waals surface area contributed by atoms with Crippen LogP contribution >= 0.6 is 35.3 Å². The number of aliphatic imine (C=N–C) groups is 1. The quantitative estimate of drug-likeness (QED) is 0.339. The standard InChI is InChI=1S/C17H21N5S.HI/c1-3-12(2)13-4-6-14(7-5-13)20-16(18)19-10-15-11-22-8-9-23-17(22)21-15;/h4-9,11-12H,3,10H2,1-2H3,(H3,18,19,20);1H. The predicted molar refractivity (Wildman–Crippen MR) is 113 cm³/mol. The van der Waals surface area contributed by atoms with Crippen LogP contribution in [0.2, 0.25) is 0 Å². The summed E-state index contributed by atoms with van der Waals surface area (Å²) >= 11 is 1.61. The molecular formula is C17H22IN5S. The van der Waals surface area contributed by atoms with E-state index in [1.807, 2.05) is 34.3 Å². The molecule has 0 aliphatic carbocycles. The Morgan fingerprint density at radius 1 is 1.38 bits per heavy atom. The highest BCUT2D eigenvalue weighted by Crippen LogP contribution is 2.20. The van der Waals surface area contributed by atoms with Crippen molar-refractivity contribution in [2.24, 2.45) is 10.7 Å². The van der Waals surface area contributed by atoms with Gasteiger partial charge in [-0.15, -0.1) is 35.3 Å². The molecule has 0 aliphatic heterocycles. The summed E-state index contributed by atoms with van der Waals surface area (Å²) in [7, 11) is 0. The van der Waals surface area contributed by atoms with Gasteiger partial charge in [-0.05, 0) is 30.0 Å². The molecule has 5 nitrogen and oxygen atoms in total. The van der Waals surface area contributed by atoms with Gasteiger partial charge < -0.3 is 11.1 Å². The van der Waals surface area contributed by atoms with Crippen LogP contribution in [-0.4, -0.2) is 15.3 Å². The lowest BCUT2D eigenvalue weighted by Crippen LogP contribution is -2.22. The third-order valence-corrected chi connectivity index (χ3v) is 4.69. The van der Waals surface area contributed by atoms with E-state index in [0.29, 0.717) is 18.4 Å². The van der Waals surface area contributed by atoms with Gasteiger partial charge in [-0.2, -0.15) is 0 Å². The number of rotatable bonds is 5. The zero-order valence-electron chi connectivity index (χ0n) is 13.8. The average Bonchev–Trinajstić information content (AvgIpc) is 3.14. The third kappa shape index (κ3) is 4.47. The number of fused-ring (bicyclic) bond motifs is 1. The normalized spacial score (nSPS) is 12.8. The number of hydrogen-bond acceptors (Lipinski definition) is 3. The maximum atomic E-state index is 5.95. The number of nitrogens with zero attached hydrogens (tertiary/aromatic N) is 3. The highest BCUT2D eigenvalue weighted by Gasteiger charge is 2.04. The van der Waals surface area contributed by atoms with Crippen molar-refractivity contribution in [3.63, 3.8) is 0 Å². The van der Waals surface area contributed by atoms with Crippen molar-refractivity contribution in [1.29, 1.82) is 0 Å². The first kappa shape index (κ1) is 18.7. The number of guanidine groups is 1. The van der Waals surface area contributed by atoms with Crippen molar-refractivity contribution in [3.05, 3.63) is 53.3 Å². The molecule has 2 heterocycles. The Balaban J connectivity index is 0.00000208. The SMILES string of the molecule is CCC(C)c1ccc(NC(N)=NCc2cn3ccsc3n2)cc1.I. The third-order valence-electron chi connectivity index (χ3n) is 3.92. The van der Waals surface area contributed by atoms with Gasteiger partial charge in [0, 0.05) is 23.5 Å². The van der Waals surface area contributed by atoms with E-state index in [1.54, 1.807) is 11.3 Å². The van der Waals surface area contributed by atoms with E-state index in [9.17, 15) is 0 Å². The largest absolute Gasteiger partial charge is 0.370 e. The summed E-state index contributed by atoms with van der Waals surface area (Å²) in [5.41, 5.74) is 9.15. The van der Waals surface area contributed by atoms with Gasteiger partial charge >= 0.3 is 0 Å². The highest BCUT2D eigenvalue weighted by molar-refractivity contribution is 14.0. The first-order valence-electron chi connectivity index (χ1n) is 7.73. The minimum Gasteiger partial charge on any atom is -0.370 e. The van der Waals surface area contributed by atoms with Crippen molar-refractivity contribution >= 4 is 51.9 Å². The first-order valence-corrected chi connectivity index (χ1v) is 8.61. The van der Waals surface area contributed by atoms with Gasteiger partial charge in [0.05, 0.1) is 12.2 Å². The van der Waals surface area contributed by atoms with Crippen LogP contribution in [0.4, 0.5) is 5.69 Å². The Morgan fingerprint density at radius 3 is 2.79 bits per heavy atom. The van der Waals surface area contributed by atoms with Gasteiger partial charge in [-0.1, -0.05) is 26.0 Å². The van der Waals surface area contributed by atoms with E-state index in [0.717, 1.165) is 22.8 Å². The first-order chi connectivity index (χ1) is 11.2. The number of anilines is 1. The Bertz CT molecular complexity index is 777. The minimum atomic E-state index is 0. The van der Waals surface area contributed by atoms with Crippen LogP contribution < -0.4 is 11.1 Å². The van der Waals surface area contributed by atoms with Gasteiger partial charge in [0.25, 0.3) is 0 Å². The molecule has 0 saturated heterocycles. The number of thiazole rings is 1. The van der Waals surface area contributed by atoms with Gasteiger partial charge in [-0.25, -0.2) is 9.98 Å². The second-order valence-corrected chi connectivity index (χ2v) is 6.46. The second-order valence-electron chi connectivity index (χ2n) is 5.58. The number of nitrogens with one attached hydrogen (secondary N) is 1. The fourth-order valence-electron chi connectivity index (χ4n) is 2.34. The van der Waals surface area contributed by atoms with Crippen molar-refractivity contribution in [3.8, 4) is 0 Å². The number of halogens is 1. The zero-order valence-corrected chi connectivity index (χ0v) is 16.9. The average molecular weight is 455 g/mol. The monoisotopic (exact) mass is 455 g/mol. The Kier molecular flexibility index (Phi) is 6.61. The number of nitrogens with two attached hydrogens (primary N) is 1. The molecule has 1 atom stereocenters. The molecule has 0 saturated carbocycles. The van der Waals surface area contributed by atoms with Gasteiger partial charge in [0.1, 0.15) is 0 Å². The van der Waals surface area contributed by atoms with E-state index < -0.39 is 0 Å². The molecule has 2 aromatic heterocycles.